The van der Waals surface area contributed by atoms with Gasteiger partial charge in [0.2, 0.25) is 0 Å². The molecule has 0 heterocycles. The molecule has 0 N–H and O–H groups in total. The molecule has 1 nitrogen and oxygen atoms in total. The van der Waals surface area contributed by atoms with Crippen LogP contribution in [-0.2, 0) is 16.3 Å². The van der Waals surface area contributed by atoms with Gasteiger partial charge in [0.25, 0.3) is 0 Å². The summed E-state index contributed by atoms with van der Waals surface area (Å²) in [5, 5.41) is 1.27. The maximum absolute atomic E-state index is 6.08. The highest BCUT2D eigenvalue weighted by molar-refractivity contribution is 8.16. The summed E-state index contributed by atoms with van der Waals surface area (Å²) < 4.78 is 6.08. The molecule has 1 aliphatic rings. The number of hydrogen-bond acceptors (Lipinski definition) is 2. The monoisotopic (exact) mass is 268 g/mol. The first-order valence-corrected chi connectivity index (χ1v) is 9.36. The van der Waals surface area contributed by atoms with Crippen LogP contribution in [0.3, 0.4) is 0 Å². The van der Waals surface area contributed by atoms with Crippen molar-refractivity contribution in [3.05, 3.63) is 30.3 Å². The van der Waals surface area contributed by atoms with Gasteiger partial charge in [-0.05, 0) is 19.8 Å². The van der Waals surface area contributed by atoms with Crippen molar-refractivity contribution in [2.75, 3.05) is 6.61 Å². The van der Waals surface area contributed by atoms with Gasteiger partial charge in [0.15, 0.2) is 0 Å². The SMILES string of the molecule is CCOP(=S)(c1ccccc1)C1CCCCC1. The first kappa shape index (κ1) is 13.3. The normalized spacial score (nSPS) is 21.0. The van der Waals surface area contributed by atoms with Crippen LogP contribution >= 0.6 is 6.26 Å². The van der Waals surface area contributed by atoms with E-state index in [0.29, 0.717) is 5.66 Å². The van der Waals surface area contributed by atoms with Gasteiger partial charge in [0, 0.05) is 17.6 Å². The van der Waals surface area contributed by atoms with Crippen molar-refractivity contribution in [3.63, 3.8) is 0 Å². The molecule has 1 fully saturated rings. The lowest BCUT2D eigenvalue weighted by Crippen LogP contribution is -2.21. The lowest BCUT2D eigenvalue weighted by Gasteiger charge is -2.33. The molecule has 1 aliphatic carbocycles. The molecule has 1 saturated carbocycles. The summed E-state index contributed by atoms with van der Waals surface area (Å²) >= 11 is 5.98. The van der Waals surface area contributed by atoms with E-state index in [0.717, 1.165) is 6.61 Å². The van der Waals surface area contributed by atoms with E-state index in [1.165, 1.54) is 37.4 Å². The van der Waals surface area contributed by atoms with Crippen molar-refractivity contribution < 1.29 is 4.52 Å². The molecule has 0 aliphatic heterocycles. The molecular weight excluding hydrogens is 247 g/mol. The predicted octanol–water partition coefficient (Wildman–Crippen LogP) is 4.08. The van der Waals surface area contributed by atoms with Crippen molar-refractivity contribution >= 4 is 23.4 Å². The average Bonchev–Trinajstić information content (AvgIpc) is 2.41. The second kappa shape index (κ2) is 6.13. The molecule has 0 bridgehead atoms. The van der Waals surface area contributed by atoms with E-state index >= 15 is 0 Å². The Morgan fingerprint density at radius 3 is 2.41 bits per heavy atom. The van der Waals surface area contributed by atoms with Gasteiger partial charge in [0.05, 0.1) is 6.26 Å². The molecule has 94 valence electrons. The maximum atomic E-state index is 6.08. The smallest absolute Gasteiger partial charge is 0.0976 e. The van der Waals surface area contributed by atoms with Gasteiger partial charge >= 0.3 is 0 Å². The van der Waals surface area contributed by atoms with Gasteiger partial charge in [-0.25, -0.2) is 0 Å². The first-order valence-electron chi connectivity index (χ1n) is 6.57. The van der Waals surface area contributed by atoms with Crippen molar-refractivity contribution in [1.29, 1.82) is 0 Å². The van der Waals surface area contributed by atoms with Crippen LogP contribution in [0.15, 0.2) is 30.3 Å². The topological polar surface area (TPSA) is 9.23 Å². The molecule has 2 rings (SSSR count). The van der Waals surface area contributed by atoms with E-state index < -0.39 is 6.26 Å². The minimum absolute atomic E-state index is 0.605. The van der Waals surface area contributed by atoms with E-state index in [9.17, 15) is 0 Å². The summed E-state index contributed by atoms with van der Waals surface area (Å²) in [4.78, 5) is 0. The second-order valence-electron chi connectivity index (χ2n) is 4.64. The third-order valence-corrected chi connectivity index (χ3v) is 8.47. The molecule has 3 heteroatoms. The van der Waals surface area contributed by atoms with Gasteiger partial charge < -0.3 is 4.52 Å². The zero-order valence-corrected chi connectivity index (χ0v) is 12.2. The Morgan fingerprint density at radius 1 is 1.18 bits per heavy atom. The molecule has 0 aromatic heterocycles. The van der Waals surface area contributed by atoms with Crippen LogP contribution in [-0.4, -0.2) is 12.3 Å². The number of rotatable bonds is 4. The summed E-state index contributed by atoms with van der Waals surface area (Å²) in [6, 6.07) is 10.5. The maximum Gasteiger partial charge on any atom is 0.0976 e. The van der Waals surface area contributed by atoms with E-state index in [4.69, 9.17) is 16.3 Å². The van der Waals surface area contributed by atoms with Crippen molar-refractivity contribution in [2.24, 2.45) is 0 Å². The van der Waals surface area contributed by atoms with Crippen LogP contribution in [0.25, 0.3) is 0 Å². The zero-order valence-electron chi connectivity index (χ0n) is 10.5. The van der Waals surface area contributed by atoms with E-state index in [1.54, 1.807) is 0 Å². The van der Waals surface area contributed by atoms with Gasteiger partial charge in [-0.1, -0.05) is 61.4 Å². The molecular formula is C14H21OPS. The van der Waals surface area contributed by atoms with Gasteiger partial charge in [-0.2, -0.15) is 0 Å². The standard InChI is InChI=1S/C14H21OPS/c1-2-15-16(17,13-9-5-3-6-10-13)14-11-7-4-8-12-14/h3,5-6,9-10,14H,2,4,7-8,11-12H2,1H3. The van der Waals surface area contributed by atoms with Gasteiger partial charge in [-0.15, -0.1) is 0 Å². The Morgan fingerprint density at radius 2 is 1.82 bits per heavy atom. The van der Waals surface area contributed by atoms with Crippen molar-refractivity contribution in [2.45, 2.75) is 44.7 Å². The highest BCUT2D eigenvalue weighted by atomic mass is 32.4. The Bertz CT molecular complexity index is 384. The predicted molar refractivity (Wildman–Crippen MR) is 78.9 cm³/mol. The zero-order chi connectivity index (χ0) is 12.1. The van der Waals surface area contributed by atoms with E-state index in [1.807, 2.05) is 0 Å². The highest BCUT2D eigenvalue weighted by Gasteiger charge is 2.31. The Kier molecular flexibility index (Phi) is 4.78. The van der Waals surface area contributed by atoms with E-state index in [2.05, 4.69) is 37.3 Å². The summed E-state index contributed by atoms with van der Waals surface area (Å²) in [5.41, 5.74) is 0.605. The number of hydrogen-bond donors (Lipinski definition) is 0. The molecule has 1 aromatic carbocycles. The summed E-state index contributed by atoms with van der Waals surface area (Å²) in [6.07, 6.45) is 4.71. The Hall–Kier alpha value is -0.170. The minimum atomic E-state index is -1.81. The number of benzene rings is 1. The third-order valence-electron chi connectivity index (χ3n) is 3.49. The lowest BCUT2D eigenvalue weighted by atomic mass is 10.0. The van der Waals surface area contributed by atoms with Crippen LogP contribution < -0.4 is 5.30 Å². The average molecular weight is 268 g/mol. The molecule has 17 heavy (non-hydrogen) atoms. The Balaban J connectivity index is 2.28. The van der Waals surface area contributed by atoms with E-state index in [-0.39, 0.29) is 0 Å². The summed E-state index contributed by atoms with van der Waals surface area (Å²) in [7, 11) is 0. The molecule has 0 radical (unpaired) electrons. The molecule has 0 saturated heterocycles. The van der Waals surface area contributed by atoms with Crippen LogP contribution in [0.1, 0.15) is 39.0 Å². The van der Waals surface area contributed by atoms with Gasteiger partial charge in [-0.3, -0.25) is 0 Å². The highest BCUT2D eigenvalue weighted by Crippen LogP contribution is 2.55. The fourth-order valence-electron chi connectivity index (χ4n) is 2.64. The molecule has 1 aromatic rings. The minimum Gasteiger partial charge on any atom is -0.346 e. The molecule has 1 atom stereocenters. The quantitative estimate of drug-likeness (QED) is 0.761. The van der Waals surface area contributed by atoms with Crippen LogP contribution in [0.2, 0.25) is 0 Å². The fraction of sp³-hybridized carbons (Fsp3) is 0.571. The molecule has 0 amide bonds. The van der Waals surface area contributed by atoms with Crippen LogP contribution in [0, 0.1) is 0 Å². The van der Waals surface area contributed by atoms with Crippen LogP contribution in [0.5, 0.6) is 0 Å². The summed E-state index contributed by atoms with van der Waals surface area (Å²) in [5.74, 6) is 0. The van der Waals surface area contributed by atoms with Crippen molar-refractivity contribution in [3.8, 4) is 0 Å². The Labute approximate surface area is 110 Å². The lowest BCUT2D eigenvalue weighted by molar-refractivity contribution is 0.364. The fourth-order valence-corrected chi connectivity index (χ4v) is 6.75. The molecule has 1 unspecified atom stereocenters. The molecule has 0 spiro atoms. The third kappa shape index (κ3) is 2.99. The largest absolute Gasteiger partial charge is 0.346 e. The van der Waals surface area contributed by atoms with Crippen molar-refractivity contribution in [1.82, 2.24) is 0 Å². The van der Waals surface area contributed by atoms with Crippen LogP contribution in [0.4, 0.5) is 0 Å². The second-order valence-corrected chi connectivity index (χ2v) is 8.97. The summed E-state index contributed by atoms with van der Waals surface area (Å²) in [6.45, 7) is 2.80. The van der Waals surface area contributed by atoms with Gasteiger partial charge in [0.1, 0.15) is 0 Å². The first-order chi connectivity index (χ1) is 8.27.